The van der Waals surface area contributed by atoms with Crippen LogP contribution in [0, 0.1) is 0 Å². The summed E-state index contributed by atoms with van der Waals surface area (Å²) in [6.45, 7) is 0. The molecule has 0 fully saturated rings. The van der Waals surface area contributed by atoms with Crippen molar-refractivity contribution in [2.45, 2.75) is 19.3 Å². The van der Waals surface area contributed by atoms with Crippen molar-refractivity contribution in [3.63, 3.8) is 0 Å². The molecule has 0 aliphatic heterocycles. The Morgan fingerprint density at radius 2 is 2.04 bits per heavy atom. The van der Waals surface area contributed by atoms with E-state index in [9.17, 15) is 4.79 Å². The average molecular weight is 371 g/mol. The number of ether oxygens (including phenoxy) is 1. The van der Waals surface area contributed by atoms with E-state index in [1.807, 2.05) is 22.9 Å². The van der Waals surface area contributed by atoms with Gasteiger partial charge in [0, 0.05) is 41.1 Å². The van der Waals surface area contributed by atoms with Gasteiger partial charge in [0.15, 0.2) is 5.65 Å². The monoisotopic (exact) mass is 371 g/mol. The number of carbonyl (C=O) groups excluding carboxylic acids is 1. The predicted octanol–water partition coefficient (Wildman–Crippen LogP) is 4.40. The van der Waals surface area contributed by atoms with Crippen molar-refractivity contribution in [3.8, 4) is 0 Å². The van der Waals surface area contributed by atoms with Crippen LogP contribution in [0.3, 0.4) is 0 Å². The molecule has 4 aromatic rings. The molecular weight excluding hydrogens is 350 g/mol. The van der Waals surface area contributed by atoms with E-state index < -0.39 is 0 Å². The largest absolute Gasteiger partial charge is 0.466 e. The smallest absolute Gasteiger partial charge is 0.331 e. The van der Waals surface area contributed by atoms with E-state index in [1.165, 1.54) is 18.7 Å². The number of rotatable bonds is 6. The van der Waals surface area contributed by atoms with Crippen molar-refractivity contribution in [1.82, 2.24) is 14.5 Å². The second-order valence-electron chi connectivity index (χ2n) is 6.66. The lowest BCUT2D eigenvalue weighted by atomic mass is 10.0. The second-order valence-corrected chi connectivity index (χ2v) is 6.66. The molecular formula is C23H21N3O2. The zero-order valence-corrected chi connectivity index (χ0v) is 15.7. The number of carbonyl (C=O) groups is 1. The normalized spacial score (nSPS) is 11.5. The number of pyridine rings is 2. The molecule has 0 aliphatic rings. The zero-order valence-electron chi connectivity index (χ0n) is 15.7. The Hall–Kier alpha value is -3.47. The number of fused-ring (bicyclic) bond motifs is 2. The molecule has 0 N–H and O–H groups in total. The molecule has 4 rings (SSSR count). The first-order valence-electron chi connectivity index (χ1n) is 9.29. The van der Waals surface area contributed by atoms with E-state index in [0.29, 0.717) is 0 Å². The van der Waals surface area contributed by atoms with Crippen molar-refractivity contribution < 1.29 is 9.53 Å². The van der Waals surface area contributed by atoms with Crippen LogP contribution in [0.1, 0.15) is 17.7 Å². The number of nitrogens with zero attached hydrogens (tertiary/aromatic N) is 3. The number of aryl methyl sites for hydroxylation is 2. The minimum atomic E-state index is -0.365. The maximum atomic E-state index is 11.3. The Balaban J connectivity index is 1.42. The van der Waals surface area contributed by atoms with Crippen LogP contribution in [0.2, 0.25) is 0 Å². The Morgan fingerprint density at radius 3 is 2.93 bits per heavy atom. The standard InChI is InChI=1S/C23H21N3O2/c1-28-22(27)12-15-26-14-11-19-16-17(7-10-21(19)26)4-2-6-20-9-8-18-5-3-13-24-23(18)25-20/h3,5,7-16H,2,4,6H2,1H3. The molecule has 0 aliphatic carbocycles. The Bertz CT molecular complexity index is 1160. The number of benzene rings is 1. The third-order valence-corrected chi connectivity index (χ3v) is 4.78. The van der Waals surface area contributed by atoms with Crippen LogP contribution in [0.25, 0.3) is 28.1 Å². The van der Waals surface area contributed by atoms with Gasteiger partial charge < -0.3 is 9.30 Å². The SMILES string of the molecule is COC(=O)C=Cn1ccc2cc(CCCc3ccc4cccnc4n3)ccc21. The van der Waals surface area contributed by atoms with Crippen LogP contribution < -0.4 is 0 Å². The summed E-state index contributed by atoms with van der Waals surface area (Å²) < 4.78 is 6.55. The topological polar surface area (TPSA) is 57.0 Å². The lowest BCUT2D eigenvalue weighted by Gasteiger charge is -2.05. The van der Waals surface area contributed by atoms with Crippen LogP contribution >= 0.6 is 0 Å². The summed E-state index contributed by atoms with van der Waals surface area (Å²) in [5, 5.41) is 2.22. The lowest BCUT2D eigenvalue weighted by Crippen LogP contribution is -1.95. The van der Waals surface area contributed by atoms with Gasteiger partial charge in [0.05, 0.1) is 12.6 Å². The summed E-state index contributed by atoms with van der Waals surface area (Å²) in [5.41, 5.74) is 4.24. The fraction of sp³-hybridized carbons (Fsp3) is 0.174. The van der Waals surface area contributed by atoms with E-state index >= 15 is 0 Å². The maximum Gasteiger partial charge on any atom is 0.331 e. The summed E-state index contributed by atoms with van der Waals surface area (Å²) in [4.78, 5) is 20.2. The van der Waals surface area contributed by atoms with Crippen molar-refractivity contribution in [3.05, 3.63) is 78.3 Å². The molecule has 0 saturated heterocycles. The van der Waals surface area contributed by atoms with Gasteiger partial charge in [-0.3, -0.25) is 0 Å². The maximum absolute atomic E-state index is 11.3. The van der Waals surface area contributed by atoms with Gasteiger partial charge >= 0.3 is 5.97 Å². The number of hydrogen-bond acceptors (Lipinski definition) is 4. The van der Waals surface area contributed by atoms with Gasteiger partial charge in [0.25, 0.3) is 0 Å². The number of esters is 1. The van der Waals surface area contributed by atoms with Crippen molar-refractivity contribution >= 4 is 34.1 Å². The summed E-state index contributed by atoms with van der Waals surface area (Å²) in [5.74, 6) is -0.365. The highest BCUT2D eigenvalue weighted by Crippen LogP contribution is 2.20. The lowest BCUT2D eigenvalue weighted by molar-refractivity contribution is -0.134. The van der Waals surface area contributed by atoms with Crippen LogP contribution in [-0.4, -0.2) is 27.6 Å². The molecule has 28 heavy (non-hydrogen) atoms. The third kappa shape index (κ3) is 3.93. The first-order valence-corrected chi connectivity index (χ1v) is 9.29. The van der Waals surface area contributed by atoms with Gasteiger partial charge in [-0.1, -0.05) is 6.07 Å². The van der Waals surface area contributed by atoms with Crippen molar-refractivity contribution in [1.29, 1.82) is 0 Å². The number of hydrogen-bond donors (Lipinski definition) is 0. The van der Waals surface area contributed by atoms with E-state index in [-0.39, 0.29) is 5.97 Å². The third-order valence-electron chi connectivity index (χ3n) is 4.78. The van der Waals surface area contributed by atoms with Gasteiger partial charge in [-0.25, -0.2) is 14.8 Å². The van der Waals surface area contributed by atoms with Crippen LogP contribution in [0.5, 0.6) is 0 Å². The Labute approximate surface area is 163 Å². The number of methoxy groups -OCH3 is 1. The fourth-order valence-electron chi connectivity index (χ4n) is 3.31. The van der Waals surface area contributed by atoms with Crippen molar-refractivity contribution in [2.75, 3.05) is 7.11 Å². The molecule has 0 spiro atoms. The molecule has 1 aromatic carbocycles. The minimum Gasteiger partial charge on any atom is -0.466 e. The van der Waals surface area contributed by atoms with Crippen LogP contribution in [0.4, 0.5) is 0 Å². The van der Waals surface area contributed by atoms with E-state index in [1.54, 1.807) is 12.4 Å². The highest BCUT2D eigenvalue weighted by atomic mass is 16.5. The fourth-order valence-corrected chi connectivity index (χ4v) is 3.31. The minimum absolute atomic E-state index is 0.365. The molecule has 3 heterocycles. The number of aromatic nitrogens is 3. The van der Waals surface area contributed by atoms with Crippen molar-refractivity contribution in [2.24, 2.45) is 0 Å². The molecule has 5 heteroatoms. The first kappa shape index (κ1) is 17.9. The Morgan fingerprint density at radius 1 is 1.11 bits per heavy atom. The van der Waals surface area contributed by atoms with Gasteiger partial charge in [0.2, 0.25) is 0 Å². The average Bonchev–Trinajstić information content (AvgIpc) is 3.14. The predicted molar refractivity (Wildman–Crippen MR) is 111 cm³/mol. The summed E-state index contributed by atoms with van der Waals surface area (Å²) in [6, 6.07) is 16.6. The van der Waals surface area contributed by atoms with E-state index in [0.717, 1.165) is 46.9 Å². The molecule has 0 bridgehead atoms. The van der Waals surface area contributed by atoms with Gasteiger partial charge in [-0.05, 0) is 67.3 Å². The van der Waals surface area contributed by atoms with E-state index in [4.69, 9.17) is 0 Å². The molecule has 0 unspecified atom stereocenters. The molecule has 0 atom stereocenters. The molecule has 0 radical (unpaired) electrons. The summed E-state index contributed by atoms with van der Waals surface area (Å²) >= 11 is 0. The second kappa shape index (κ2) is 8.05. The van der Waals surface area contributed by atoms with Crippen LogP contribution in [-0.2, 0) is 22.4 Å². The summed E-state index contributed by atoms with van der Waals surface area (Å²) in [6.07, 6.45) is 9.79. The molecule has 3 aromatic heterocycles. The Kier molecular flexibility index (Phi) is 5.15. The summed E-state index contributed by atoms with van der Waals surface area (Å²) in [7, 11) is 1.37. The first-order chi connectivity index (χ1) is 13.7. The molecule has 0 amide bonds. The van der Waals surface area contributed by atoms with E-state index in [2.05, 4.69) is 51.1 Å². The highest BCUT2D eigenvalue weighted by molar-refractivity contribution is 5.88. The van der Waals surface area contributed by atoms with Gasteiger partial charge in [-0.2, -0.15) is 0 Å². The van der Waals surface area contributed by atoms with Crippen LogP contribution in [0.15, 0.2) is 67.0 Å². The van der Waals surface area contributed by atoms with Gasteiger partial charge in [-0.15, -0.1) is 0 Å². The zero-order chi connectivity index (χ0) is 19.3. The van der Waals surface area contributed by atoms with Gasteiger partial charge in [0.1, 0.15) is 0 Å². The molecule has 0 saturated carbocycles. The quantitative estimate of drug-likeness (QED) is 0.372. The highest BCUT2D eigenvalue weighted by Gasteiger charge is 2.03. The molecule has 140 valence electrons. The molecule has 5 nitrogen and oxygen atoms in total.